The Morgan fingerprint density at radius 2 is 2.00 bits per heavy atom. The number of halogens is 3. The molecule has 1 spiro atoms. The maximum Gasteiger partial charge on any atom is 0.490 e. The highest BCUT2D eigenvalue weighted by Gasteiger charge is 2.43. The van der Waals surface area contributed by atoms with Gasteiger partial charge < -0.3 is 20.1 Å². The van der Waals surface area contributed by atoms with Gasteiger partial charge in [-0.3, -0.25) is 9.58 Å². The van der Waals surface area contributed by atoms with Crippen molar-refractivity contribution in [2.75, 3.05) is 32.8 Å². The van der Waals surface area contributed by atoms with Crippen molar-refractivity contribution in [2.24, 2.45) is 7.05 Å². The number of likely N-dealkylation sites (tertiary alicyclic amines) is 2. The lowest BCUT2D eigenvalue weighted by Gasteiger charge is -2.39. The SMILES string of the molecule is Cn1cc(CN2CC[C@@]3(C[C@@H](NC(=O)N4CCCC4)CCO3)C2)cn1.O=C(O)C(F)(F)F. The lowest BCUT2D eigenvalue weighted by atomic mass is 9.89. The summed E-state index contributed by atoms with van der Waals surface area (Å²) >= 11 is 0. The van der Waals surface area contributed by atoms with Crippen LogP contribution in [0.2, 0.25) is 0 Å². The molecule has 1 aromatic heterocycles. The predicted molar refractivity (Wildman–Crippen MR) is 108 cm³/mol. The average Bonchev–Trinajstić information content (AvgIpc) is 3.45. The number of hydrogen-bond donors (Lipinski definition) is 2. The van der Waals surface area contributed by atoms with E-state index >= 15 is 0 Å². The summed E-state index contributed by atoms with van der Waals surface area (Å²) in [5.41, 5.74) is 1.15. The number of aryl methyl sites for hydroxylation is 1. The van der Waals surface area contributed by atoms with Crippen LogP contribution >= 0.6 is 0 Å². The van der Waals surface area contributed by atoms with Gasteiger partial charge in [0.15, 0.2) is 0 Å². The second-order valence-corrected chi connectivity index (χ2v) is 8.65. The van der Waals surface area contributed by atoms with Crippen LogP contribution in [0.3, 0.4) is 0 Å². The van der Waals surface area contributed by atoms with Gasteiger partial charge in [-0.05, 0) is 32.1 Å². The Labute approximate surface area is 184 Å². The molecule has 32 heavy (non-hydrogen) atoms. The molecule has 0 unspecified atom stereocenters. The first-order valence-corrected chi connectivity index (χ1v) is 10.8. The van der Waals surface area contributed by atoms with E-state index in [2.05, 4.69) is 21.5 Å². The van der Waals surface area contributed by atoms with Gasteiger partial charge in [-0.1, -0.05) is 0 Å². The first-order chi connectivity index (χ1) is 15.1. The van der Waals surface area contributed by atoms with Crippen LogP contribution < -0.4 is 5.32 Å². The highest BCUT2D eigenvalue weighted by molar-refractivity contribution is 5.74. The number of rotatable bonds is 3. The largest absolute Gasteiger partial charge is 0.490 e. The number of nitrogens with one attached hydrogen (secondary N) is 1. The summed E-state index contributed by atoms with van der Waals surface area (Å²) in [6.07, 6.45) is 4.09. The minimum atomic E-state index is -5.08. The minimum absolute atomic E-state index is 0.0938. The quantitative estimate of drug-likeness (QED) is 0.714. The highest BCUT2D eigenvalue weighted by Crippen LogP contribution is 2.35. The molecule has 9 nitrogen and oxygen atoms in total. The third kappa shape index (κ3) is 6.58. The Hall–Kier alpha value is -2.34. The number of hydrogen-bond acceptors (Lipinski definition) is 5. The van der Waals surface area contributed by atoms with Gasteiger partial charge in [-0.2, -0.15) is 18.3 Å². The summed E-state index contributed by atoms with van der Waals surface area (Å²) in [7, 11) is 1.95. The van der Waals surface area contributed by atoms with E-state index in [1.807, 2.05) is 22.8 Å². The van der Waals surface area contributed by atoms with Gasteiger partial charge in [0.25, 0.3) is 0 Å². The van der Waals surface area contributed by atoms with E-state index in [4.69, 9.17) is 14.6 Å². The molecule has 2 N–H and O–H groups in total. The number of aromatic nitrogens is 2. The van der Waals surface area contributed by atoms with E-state index in [9.17, 15) is 18.0 Å². The van der Waals surface area contributed by atoms with Gasteiger partial charge in [-0.25, -0.2) is 9.59 Å². The number of carbonyl (C=O) groups excluding carboxylic acids is 1. The summed E-state index contributed by atoms with van der Waals surface area (Å²) in [5, 5.41) is 14.6. The summed E-state index contributed by atoms with van der Waals surface area (Å²) in [6, 6.07) is 0.352. The van der Waals surface area contributed by atoms with Gasteiger partial charge in [0.1, 0.15) is 0 Å². The molecule has 2 atom stereocenters. The molecular formula is C20H30F3N5O4. The maximum atomic E-state index is 12.4. The van der Waals surface area contributed by atoms with E-state index in [-0.39, 0.29) is 17.7 Å². The van der Waals surface area contributed by atoms with Crippen LogP contribution in [0, 0.1) is 0 Å². The van der Waals surface area contributed by atoms with Gasteiger partial charge in [-0.15, -0.1) is 0 Å². The van der Waals surface area contributed by atoms with Crippen molar-refractivity contribution in [3.63, 3.8) is 0 Å². The number of alkyl halides is 3. The zero-order valence-electron chi connectivity index (χ0n) is 18.1. The van der Waals surface area contributed by atoms with E-state index in [0.29, 0.717) is 0 Å². The number of aliphatic carboxylic acids is 1. The van der Waals surface area contributed by atoms with Crippen LogP contribution in [0.25, 0.3) is 0 Å². The van der Waals surface area contributed by atoms with Gasteiger partial charge >= 0.3 is 18.2 Å². The Balaban J connectivity index is 0.000000360. The molecule has 3 aliphatic heterocycles. The molecule has 0 aromatic carbocycles. The zero-order valence-corrected chi connectivity index (χ0v) is 18.1. The van der Waals surface area contributed by atoms with Crippen molar-refractivity contribution in [2.45, 2.75) is 56.5 Å². The second-order valence-electron chi connectivity index (χ2n) is 8.65. The fourth-order valence-corrected chi connectivity index (χ4v) is 4.50. The van der Waals surface area contributed by atoms with E-state index in [0.717, 1.165) is 71.4 Å². The number of carboxylic acids is 1. The van der Waals surface area contributed by atoms with E-state index < -0.39 is 12.1 Å². The Bertz CT molecular complexity index is 796. The first-order valence-electron chi connectivity index (χ1n) is 10.8. The fraction of sp³-hybridized carbons (Fsp3) is 0.750. The normalized spacial score (nSPS) is 26.1. The molecule has 0 bridgehead atoms. The molecule has 2 amide bonds. The molecule has 3 fully saturated rings. The minimum Gasteiger partial charge on any atom is -0.475 e. The van der Waals surface area contributed by atoms with Crippen LogP contribution in [0.5, 0.6) is 0 Å². The lowest BCUT2D eigenvalue weighted by Crippen LogP contribution is -2.52. The molecular weight excluding hydrogens is 431 g/mol. The van der Waals surface area contributed by atoms with Crippen molar-refractivity contribution in [3.05, 3.63) is 18.0 Å². The second kappa shape index (κ2) is 10.1. The summed E-state index contributed by atoms with van der Waals surface area (Å²) in [4.78, 5) is 25.7. The Morgan fingerprint density at radius 3 is 2.59 bits per heavy atom. The molecule has 0 radical (unpaired) electrons. The van der Waals surface area contributed by atoms with E-state index in [1.54, 1.807) is 0 Å². The van der Waals surface area contributed by atoms with Crippen molar-refractivity contribution in [1.82, 2.24) is 24.9 Å². The first kappa shape index (κ1) is 24.3. The predicted octanol–water partition coefficient (Wildman–Crippen LogP) is 1.98. The molecule has 3 aliphatic rings. The van der Waals surface area contributed by atoms with Crippen LogP contribution in [0.4, 0.5) is 18.0 Å². The summed E-state index contributed by atoms with van der Waals surface area (Å²) < 4.78 is 39.8. The zero-order chi connectivity index (χ0) is 23.4. The molecule has 3 saturated heterocycles. The van der Waals surface area contributed by atoms with Crippen LogP contribution in [-0.4, -0.2) is 87.3 Å². The molecule has 4 rings (SSSR count). The molecule has 12 heteroatoms. The molecule has 0 saturated carbocycles. The van der Waals surface area contributed by atoms with Crippen molar-refractivity contribution < 1.29 is 32.6 Å². The van der Waals surface area contributed by atoms with Crippen molar-refractivity contribution >= 4 is 12.0 Å². The van der Waals surface area contributed by atoms with Gasteiger partial charge in [0, 0.05) is 64.2 Å². The van der Waals surface area contributed by atoms with Gasteiger partial charge in [0.2, 0.25) is 0 Å². The third-order valence-corrected chi connectivity index (χ3v) is 6.02. The van der Waals surface area contributed by atoms with Gasteiger partial charge in [0.05, 0.1) is 11.8 Å². The molecule has 0 aliphatic carbocycles. The monoisotopic (exact) mass is 461 g/mol. The van der Waals surface area contributed by atoms with Crippen molar-refractivity contribution in [1.29, 1.82) is 0 Å². The van der Waals surface area contributed by atoms with E-state index in [1.165, 1.54) is 5.56 Å². The topological polar surface area (TPSA) is 99.9 Å². The number of ether oxygens (including phenoxy) is 1. The molecule has 180 valence electrons. The van der Waals surface area contributed by atoms with Crippen molar-refractivity contribution in [3.8, 4) is 0 Å². The lowest BCUT2D eigenvalue weighted by molar-refractivity contribution is -0.192. The summed E-state index contributed by atoms with van der Waals surface area (Å²) in [6.45, 7) is 5.45. The summed E-state index contributed by atoms with van der Waals surface area (Å²) in [5.74, 6) is -2.76. The third-order valence-electron chi connectivity index (χ3n) is 6.02. The number of amides is 2. The maximum absolute atomic E-state index is 12.4. The smallest absolute Gasteiger partial charge is 0.475 e. The van der Waals surface area contributed by atoms with Crippen LogP contribution in [0.1, 0.15) is 37.7 Å². The standard InChI is InChI=1S/C18H29N5O2.C2HF3O2/c1-21-12-15(11-19-21)13-22-8-5-18(14-22)10-16(4-9-25-18)20-17(24)23-6-2-3-7-23;3-2(4,5)1(6)7/h11-12,16H,2-10,13-14H2,1H3,(H,20,24);(H,6,7)/t16-,18+;/m0./s1. The van der Waals surface area contributed by atoms with Crippen LogP contribution in [0.15, 0.2) is 12.4 Å². The molecule has 4 heterocycles. The number of carbonyl (C=O) groups is 2. The number of carboxylic acid groups (broad SMARTS) is 1. The average molecular weight is 461 g/mol. The molecule has 1 aromatic rings. The van der Waals surface area contributed by atoms with Crippen LogP contribution in [-0.2, 0) is 23.1 Å². The highest BCUT2D eigenvalue weighted by atomic mass is 19.4. The Morgan fingerprint density at radius 1 is 1.31 bits per heavy atom. The fourth-order valence-electron chi connectivity index (χ4n) is 4.50. The number of nitrogens with zero attached hydrogens (tertiary/aromatic N) is 4. The Kier molecular flexibility index (Phi) is 7.65. The number of urea groups is 1.